The van der Waals surface area contributed by atoms with Gasteiger partial charge in [-0.05, 0) is 59.9 Å². The van der Waals surface area contributed by atoms with Crippen LogP contribution in [0.1, 0.15) is 49.8 Å². The highest BCUT2D eigenvalue weighted by Gasteiger charge is 2.42. The Kier molecular flexibility index (Phi) is 6.74. The standard InChI is InChI=1S/C31H32N2O4/c1-19(2)31(35)33-27-11-6-5-10-25(27)32-26-17-22(20-12-14-23(36-3)15-13-20)18-28(34)29(26)30(33)21-8-7-9-24(16-21)37-4/h5-16,19,22,30,32H,17-18H2,1-4H3/t22-,30-/m0/s1. The minimum Gasteiger partial charge on any atom is -0.497 e. The quantitative estimate of drug-likeness (QED) is 0.452. The Hall–Kier alpha value is -4.06. The molecule has 1 N–H and O–H groups in total. The second-order valence-electron chi connectivity index (χ2n) is 9.88. The molecular weight excluding hydrogens is 464 g/mol. The maximum absolute atomic E-state index is 14.0. The van der Waals surface area contributed by atoms with Crippen molar-refractivity contribution in [1.29, 1.82) is 0 Å². The molecule has 0 radical (unpaired) electrons. The Bertz CT molecular complexity index is 1360. The number of fused-ring (bicyclic) bond motifs is 1. The van der Waals surface area contributed by atoms with E-state index in [9.17, 15) is 9.59 Å². The predicted octanol–water partition coefficient (Wildman–Crippen LogP) is 6.26. The molecule has 2 aliphatic rings. The van der Waals surface area contributed by atoms with Crippen LogP contribution in [-0.4, -0.2) is 25.9 Å². The van der Waals surface area contributed by atoms with Gasteiger partial charge < -0.3 is 14.8 Å². The van der Waals surface area contributed by atoms with E-state index in [2.05, 4.69) is 5.32 Å². The summed E-state index contributed by atoms with van der Waals surface area (Å²) in [6.45, 7) is 3.78. The number of methoxy groups -OCH3 is 2. The van der Waals surface area contributed by atoms with Crippen LogP contribution in [0.2, 0.25) is 0 Å². The maximum atomic E-state index is 14.0. The first-order valence-electron chi connectivity index (χ1n) is 12.6. The van der Waals surface area contributed by atoms with Gasteiger partial charge in [-0.3, -0.25) is 14.5 Å². The summed E-state index contributed by atoms with van der Waals surface area (Å²) in [5, 5.41) is 3.58. The number of ether oxygens (including phenoxy) is 2. The minimum atomic E-state index is -0.569. The summed E-state index contributed by atoms with van der Waals surface area (Å²) in [4.78, 5) is 29.6. The van der Waals surface area contributed by atoms with E-state index in [1.165, 1.54) is 0 Å². The number of amides is 1. The molecule has 2 atom stereocenters. The molecule has 1 heterocycles. The van der Waals surface area contributed by atoms with E-state index < -0.39 is 6.04 Å². The van der Waals surface area contributed by atoms with Crippen molar-refractivity contribution in [2.45, 2.75) is 38.6 Å². The van der Waals surface area contributed by atoms with Gasteiger partial charge >= 0.3 is 0 Å². The van der Waals surface area contributed by atoms with Gasteiger partial charge in [-0.25, -0.2) is 0 Å². The van der Waals surface area contributed by atoms with E-state index in [1.54, 1.807) is 19.1 Å². The number of rotatable bonds is 5. The van der Waals surface area contributed by atoms with Gasteiger partial charge in [-0.2, -0.15) is 0 Å². The number of para-hydroxylation sites is 2. The van der Waals surface area contributed by atoms with Gasteiger partial charge in [0.2, 0.25) is 5.91 Å². The number of hydrogen-bond acceptors (Lipinski definition) is 5. The largest absolute Gasteiger partial charge is 0.497 e. The van der Waals surface area contributed by atoms with E-state index in [-0.39, 0.29) is 23.5 Å². The Morgan fingerprint density at radius 1 is 0.892 bits per heavy atom. The van der Waals surface area contributed by atoms with E-state index in [4.69, 9.17) is 9.47 Å². The van der Waals surface area contributed by atoms with Crippen LogP contribution in [0.4, 0.5) is 11.4 Å². The van der Waals surface area contributed by atoms with Gasteiger partial charge in [-0.15, -0.1) is 0 Å². The number of carbonyl (C=O) groups is 2. The highest BCUT2D eigenvalue weighted by atomic mass is 16.5. The van der Waals surface area contributed by atoms with Crippen LogP contribution < -0.4 is 19.7 Å². The average molecular weight is 497 g/mol. The highest BCUT2D eigenvalue weighted by Crippen LogP contribution is 2.48. The lowest BCUT2D eigenvalue weighted by Gasteiger charge is -2.36. The molecule has 0 unspecified atom stereocenters. The minimum absolute atomic E-state index is 0.0233. The van der Waals surface area contributed by atoms with Crippen LogP contribution in [-0.2, 0) is 9.59 Å². The topological polar surface area (TPSA) is 67.9 Å². The summed E-state index contributed by atoms with van der Waals surface area (Å²) >= 11 is 0. The molecule has 6 heteroatoms. The van der Waals surface area contributed by atoms with E-state index >= 15 is 0 Å². The number of hydrogen-bond donors (Lipinski definition) is 1. The first-order chi connectivity index (χ1) is 17.9. The number of nitrogens with zero attached hydrogens (tertiary/aromatic N) is 1. The molecule has 5 rings (SSSR count). The number of Topliss-reactive ketones (excluding diaryl/α,β-unsaturated/α-hetero) is 1. The monoisotopic (exact) mass is 496 g/mol. The first kappa shape index (κ1) is 24.6. The van der Waals surface area contributed by atoms with Crippen LogP contribution in [0.15, 0.2) is 84.1 Å². The van der Waals surface area contributed by atoms with Crippen molar-refractivity contribution in [2.24, 2.45) is 5.92 Å². The molecule has 190 valence electrons. The van der Waals surface area contributed by atoms with Crippen LogP contribution in [0.25, 0.3) is 0 Å². The smallest absolute Gasteiger partial charge is 0.230 e. The van der Waals surface area contributed by atoms with Gasteiger partial charge in [0.25, 0.3) is 0 Å². The normalized spacial score (nSPS) is 19.1. The van der Waals surface area contributed by atoms with Crippen molar-refractivity contribution in [3.8, 4) is 11.5 Å². The number of allylic oxidation sites excluding steroid dienone is 1. The van der Waals surface area contributed by atoms with Crippen LogP contribution in [0, 0.1) is 5.92 Å². The van der Waals surface area contributed by atoms with Crippen molar-refractivity contribution < 1.29 is 19.1 Å². The Balaban J connectivity index is 1.69. The van der Waals surface area contributed by atoms with Crippen molar-refractivity contribution in [3.05, 3.63) is 95.2 Å². The van der Waals surface area contributed by atoms with Gasteiger partial charge in [0.15, 0.2) is 5.78 Å². The fraction of sp³-hybridized carbons (Fsp3) is 0.290. The van der Waals surface area contributed by atoms with E-state index in [0.29, 0.717) is 24.2 Å². The molecule has 0 saturated heterocycles. The molecule has 1 amide bonds. The SMILES string of the molecule is COc1ccc([C@@H]2CC(=O)C3=C(C2)Nc2ccccc2N(C(=O)C(C)C)[C@H]3c2cccc(OC)c2)cc1. The summed E-state index contributed by atoms with van der Waals surface area (Å²) in [5.74, 6) is 1.23. The molecule has 0 saturated carbocycles. The zero-order valence-corrected chi connectivity index (χ0v) is 21.7. The summed E-state index contributed by atoms with van der Waals surface area (Å²) < 4.78 is 10.8. The zero-order chi connectivity index (χ0) is 26.1. The van der Waals surface area contributed by atoms with Crippen molar-refractivity contribution in [2.75, 3.05) is 24.4 Å². The van der Waals surface area contributed by atoms with Crippen molar-refractivity contribution in [1.82, 2.24) is 0 Å². The Morgan fingerprint density at radius 3 is 2.32 bits per heavy atom. The molecule has 0 bridgehead atoms. The second-order valence-corrected chi connectivity index (χ2v) is 9.88. The number of nitrogens with one attached hydrogen (secondary N) is 1. The fourth-order valence-electron chi connectivity index (χ4n) is 5.35. The van der Waals surface area contributed by atoms with Gasteiger partial charge in [0.1, 0.15) is 11.5 Å². The van der Waals surface area contributed by atoms with Gasteiger partial charge in [-0.1, -0.05) is 50.2 Å². The van der Waals surface area contributed by atoms with E-state index in [0.717, 1.165) is 33.9 Å². The Morgan fingerprint density at radius 2 is 1.62 bits per heavy atom. The molecule has 3 aromatic rings. The molecule has 6 nitrogen and oxygen atoms in total. The summed E-state index contributed by atoms with van der Waals surface area (Å²) in [5.41, 5.74) is 5.01. The third-order valence-electron chi connectivity index (χ3n) is 7.22. The number of benzene rings is 3. The molecule has 1 aliphatic heterocycles. The Labute approximate surface area is 217 Å². The number of carbonyl (C=O) groups excluding carboxylic acids is 2. The summed E-state index contributed by atoms with van der Waals surface area (Å²) in [6, 6.07) is 22.8. The summed E-state index contributed by atoms with van der Waals surface area (Å²) in [6.07, 6.45) is 1.03. The third-order valence-corrected chi connectivity index (χ3v) is 7.22. The van der Waals surface area contributed by atoms with Crippen LogP contribution in [0.3, 0.4) is 0 Å². The van der Waals surface area contributed by atoms with Gasteiger partial charge in [0.05, 0.1) is 31.6 Å². The lowest BCUT2D eigenvalue weighted by molar-refractivity contribution is -0.121. The second kappa shape index (κ2) is 10.1. The molecule has 1 aliphatic carbocycles. The molecular formula is C31H32N2O4. The van der Waals surface area contributed by atoms with Crippen molar-refractivity contribution in [3.63, 3.8) is 0 Å². The maximum Gasteiger partial charge on any atom is 0.230 e. The molecule has 3 aromatic carbocycles. The molecule has 0 fully saturated rings. The lowest BCUT2D eigenvalue weighted by Crippen LogP contribution is -2.40. The van der Waals surface area contributed by atoms with Crippen LogP contribution >= 0.6 is 0 Å². The predicted molar refractivity (Wildman–Crippen MR) is 145 cm³/mol. The first-order valence-corrected chi connectivity index (χ1v) is 12.6. The highest BCUT2D eigenvalue weighted by molar-refractivity contribution is 6.06. The van der Waals surface area contributed by atoms with E-state index in [1.807, 2.05) is 86.6 Å². The lowest BCUT2D eigenvalue weighted by atomic mass is 9.78. The zero-order valence-electron chi connectivity index (χ0n) is 21.7. The third kappa shape index (κ3) is 4.59. The number of ketones is 1. The van der Waals surface area contributed by atoms with Crippen molar-refractivity contribution >= 4 is 23.1 Å². The number of anilines is 2. The summed E-state index contributed by atoms with van der Waals surface area (Å²) in [7, 11) is 3.27. The molecule has 37 heavy (non-hydrogen) atoms. The molecule has 0 spiro atoms. The van der Waals surface area contributed by atoms with Crippen LogP contribution in [0.5, 0.6) is 11.5 Å². The van der Waals surface area contributed by atoms with Gasteiger partial charge in [0, 0.05) is 23.6 Å². The fourth-order valence-corrected chi connectivity index (χ4v) is 5.35. The average Bonchev–Trinajstić information content (AvgIpc) is 3.07. The molecule has 0 aromatic heterocycles.